The van der Waals surface area contributed by atoms with Crippen molar-refractivity contribution in [3.05, 3.63) is 94.9 Å². The normalized spacial score (nSPS) is 17.4. The summed E-state index contributed by atoms with van der Waals surface area (Å²) < 4.78 is 12.0. The number of nitrogens with zero attached hydrogens (tertiary/aromatic N) is 4. The molecule has 0 saturated heterocycles. The largest absolute Gasteiger partial charge is 0.494 e. The van der Waals surface area contributed by atoms with E-state index in [4.69, 9.17) is 19.5 Å². The minimum absolute atomic E-state index is 0.137. The Morgan fingerprint density at radius 2 is 1.55 bits per heavy atom. The summed E-state index contributed by atoms with van der Waals surface area (Å²) in [5, 5.41) is 5.95. The van der Waals surface area contributed by atoms with Crippen LogP contribution in [0.3, 0.4) is 0 Å². The lowest BCUT2D eigenvalue weighted by Gasteiger charge is -2.17. The molecule has 3 aliphatic rings. The van der Waals surface area contributed by atoms with Gasteiger partial charge in [-0.1, -0.05) is 24.3 Å². The van der Waals surface area contributed by atoms with Gasteiger partial charge in [-0.2, -0.15) is 0 Å². The number of fused-ring (bicyclic) bond motifs is 3. The molecule has 0 saturated carbocycles. The van der Waals surface area contributed by atoms with Crippen LogP contribution < -0.4 is 10.1 Å². The number of allylic oxidation sites excluding steroid dienone is 1. The third-order valence-electron chi connectivity index (χ3n) is 7.89. The number of hydrogen-bond acceptors (Lipinski definition) is 7. The minimum Gasteiger partial charge on any atom is -0.494 e. The van der Waals surface area contributed by atoms with Crippen LogP contribution >= 0.6 is 0 Å². The van der Waals surface area contributed by atoms with Crippen LogP contribution in [-0.2, 0) is 11.2 Å². The van der Waals surface area contributed by atoms with Crippen LogP contribution in [0.25, 0.3) is 10.8 Å². The van der Waals surface area contributed by atoms with Gasteiger partial charge >= 0.3 is 0 Å². The number of rotatable bonds is 12. The molecule has 7 heteroatoms. The van der Waals surface area contributed by atoms with Gasteiger partial charge < -0.3 is 24.6 Å². The van der Waals surface area contributed by atoms with Gasteiger partial charge in [-0.3, -0.25) is 9.98 Å². The van der Waals surface area contributed by atoms with E-state index in [2.05, 4.69) is 104 Å². The summed E-state index contributed by atoms with van der Waals surface area (Å²) in [6, 6.07) is 19.6. The summed E-state index contributed by atoms with van der Waals surface area (Å²) in [6.45, 7) is 3.50. The predicted octanol–water partition coefficient (Wildman–Crippen LogP) is 5.71. The van der Waals surface area contributed by atoms with Crippen LogP contribution in [-0.4, -0.2) is 81.9 Å². The summed E-state index contributed by atoms with van der Waals surface area (Å²) >= 11 is 0. The molecule has 3 aromatic rings. The summed E-state index contributed by atoms with van der Waals surface area (Å²) in [4.78, 5) is 14.3. The molecule has 0 amide bonds. The molecule has 0 spiro atoms. The van der Waals surface area contributed by atoms with Crippen molar-refractivity contribution >= 4 is 28.0 Å². The third-order valence-corrected chi connectivity index (χ3v) is 7.89. The van der Waals surface area contributed by atoms with E-state index in [0.29, 0.717) is 0 Å². The molecule has 1 N–H and O–H groups in total. The Balaban J connectivity index is 1.08. The molecule has 218 valence electrons. The lowest BCUT2D eigenvalue weighted by atomic mass is 9.99. The number of benzene rings is 3. The van der Waals surface area contributed by atoms with Crippen molar-refractivity contribution < 1.29 is 9.47 Å². The van der Waals surface area contributed by atoms with Crippen LogP contribution in [0.2, 0.25) is 0 Å². The van der Waals surface area contributed by atoms with E-state index in [1.165, 1.54) is 16.3 Å². The number of ether oxygens (including phenoxy) is 2. The van der Waals surface area contributed by atoms with Gasteiger partial charge in [0.2, 0.25) is 0 Å². The topological polar surface area (TPSA) is 61.7 Å². The van der Waals surface area contributed by atoms with Gasteiger partial charge in [-0.25, -0.2) is 0 Å². The Morgan fingerprint density at radius 1 is 0.833 bits per heavy atom. The molecule has 1 atom stereocenters. The first kappa shape index (κ1) is 28.2. The second-order valence-electron chi connectivity index (χ2n) is 11.9. The van der Waals surface area contributed by atoms with E-state index in [1.54, 1.807) is 0 Å². The van der Waals surface area contributed by atoms with Gasteiger partial charge in [0.15, 0.2) is 0 Å². The highest BCUT2D eigenvalue weighted by molar-refractivity contribution is 6.09. The van der Waals surface area contributed by atoms with E-state index in [9.17, 15) is 0 Å². The average molecular weight is 564 g/mol. The summed E-state index contributed by atoms with van der Waals surface area (Å²) in [7, 11) is 8.35. The van der Waals surface area contributed by atoms with Gasteiger partial charge in [0, 0.05) is 36.8 Å². The van der Waals surface area contributed by atoms with E-state index in [-0.39, 0.29) is 6.04 Å². The molecule has 0 bridgehead atoms. The lowest BCUT2D eigenvalue weighted by Crippen LogP contribution is -2.21. The fraction of sp³-hybridized carbons (Fsp3) is 0.371. The van der Waals surface area contributed by atoms with E-state index in [0.717, 1.165) is 97.6 Å². The van der Waals surface area contributed by atoms with Crippen molar-refractivity contribution in [2.75, 3.05) is 54.5 Å². The van der Waals surface area contributed by atoms with Gasteiger partial charge in [0.25, 0.3) is 0 Å². The zero-order valence-electron chi connectivity index (χ0n) is 25.2. The molecule has 7 nitrogen and oxygen atoms in total. The molecule has 6 rings (SSSR count). The van der Waals surface area contributed by atoms with Crippen molar-refractivity contribution in [2.45, 2.75) is 31.7 Å². The molecule has 1 aliphatic carbocycles. The highest BCUT2D eigenvalue weighted by Crippen LogP contribution is 2.33. The van der Waals surface area contributed by atoms with Crippen molar-refractivity contribution in [3.8, 4) is 5.75 Å². The zero-order valence-corrected chi connectivity index (χ0v) is 25.2. The Labute approximate surface area is 249 Å². The first-order chi connectivity index (χ1) is 20.4. The molecule has 2 heterocycles. The second kappa shape index (κ2) is 12.5. The highest BCUT2D eigenvalue weighted by Gasteiger charge is 2.26. The first-order valence-corrected chi connectivity index (χ1v) is 15.0. The van der Waals surface area contributed by atoms with Crippen molar-refractivity contribution in [2.24, 2.45) is 9.98 Å². The van der Waals surface area contributed by atoms with E-state index >= 15 is 0 Å². The monoisotopic (exact) mass is 563 g/mol. The zero-order chi connectivity index (χ0) is 29.1. The maximum Gasteiger partial charge on any atom is 0.133 e. The maximum atomic E-state index is 6.00. The van der Waals surface area contributed by atoms with E-state index < -0.39 is 0 Å². The second-order valence-corrected chi connectivity index (χ2v) is 11.9. The summed E-state index contributed by atoms with van der Waals surface area (Å²) in [6.07, 6.45) is 7.96. The quantitative estimate of drug-likeness (QED) is 0.286. The molecule has 1 unspecified atom stereocenters. The molecular formula is C35H41N5O2. The number of hydrogen-bond donors (Lipinski definition) is 1. The Bertz CT molecular complexity index is 1580. The van der Waals surface area contributed by atoms with Gasteiger partial charge in [-0.05, 0) is 106 Å². The van der Waals surface area contributed by atoms with Crippen LogP contribution in [0.1, 0.15) is 36.0 Å². The fourth-order valence-electron chi connectivity index (χ4n) is 5.63. The van der Waals surface area contributed by atoms with Crippen molar-refractivity contribution in [3.63, 3.8) is 0 Å². The highest BCUT2D eigenvalue weighted by atomic mass is 16.5. The standard InChI is InChI=1S/C35H41N5O2/c1-39(2)15-5-17-41-29-11-13-31-28(21-29)22-33(36-31)26-9-7-25-20-27(10-8-24(25)19-26)35-37-32-14-12-30(23-34(32)38-35)42-18-6-16-40(3)4/h7-13,19-21,23,32H,5-6,14-18,22H2,1-4H3,(H,37,38). The molecule has 0 aromatic heterocycles. The van der Waals surface area contributed by atoms with Gasteiger partial charge in [0.1, 0.15) is 17.3 Å². The summed E-state index contributed by atoms with van der Waals surface area (Å²) in [5.41, 5.74) is 6.75. The fourth-order valence-corrected chi connectivity index (χ4v) is 5.63. The van der Waals surface area contributed by atoms with Crippen LogP contribution in [0.15, 0.2) is 88.2 Å². The maximum absolute atomic E-state index is 6.00. The van der Waals surface area contributed by atoms with Crippen LogP contribution in [0.4, 0.5) is 5.69 Å². The first-order valence-electron chi connectivity index (χ1n) is 15.0. The number of nitrogens with one attached hydrogen (secondary N) is 1. The average Bonchev–Trinajstić information content (AvgIpc) is 3.61. The molecule has 0 radical (unpaired) electrons. The molecule has 42 heavy (non-hydrogen) atoms. The molecular weight excluding hydrogens is 522 g/mol. The minimum atomic E-state index is 0.137. The third kappa shape index (κ3) is 6.58. The van der Waals surface area contributed by atoms with Crippen LogP contribution in [0.5, 0.6) is 5.75 Å². The van der Waals surface area contributed by atoms with E-state index in [1.807, 2.05) is 6.07 Å². The molecule has 2 aliphatic heterocycles. The number of aliphatic imine (C=N–C) groups is 2. The molecule has 3 aromatic carbocycles. The van der Waals surface area contributed by atoms with Crippen molar-refractivity contribution in [1.82, 2.24) is 15.1 Å². The predicted molar refractivity (Wildman–Crippen MR) is 172 cm³/mol. The Kier molecular flexibility index (Phi) is 8.40. The van der Waals surface area contributed by atoms with Gasteiger partial charge in [-0.15, -0.1) is 0 Å². The SMILES string of the molecule is CN(C)CCCOC1=CCC2N=C(c3ccc4cc(C5=Nc6ccc(OCCCN(C)C)cc6C5)ccc4c3)NC2=C1. The lowest BCUT2D eigenvalue weighted by molar-refractivity contribution is 0.204. The Morgan fingerprint density at radius 3 is 2.31 bits per heavy atom. The smallest absolute Gasteiger partial charge is 0.133 e. The number of amidine groups is 1. The summed E-state index contributed by atoms with van der Waals surface area (Å²) in [5.74, 6) is 2.79. The Hall–Kier alpha value is -3.94. The van der Waals surface area contributed by atoms with Crippen molar-refractivity contribution in [1.29, 1.82) is 0 Å². The van der Waals surface area contributed by atoms with Gasteiger partial charge in [0.05, 0.1) is 30.7 Å². The molecule has 0 fully saturated rings. The van der Waals surface area contributed by atoms with Crippen LogP contribution in [0, 0.1) is 0 Å².